The Morgan fingerprint density at radius 2 is 1.92 bits per heavy atom. The van der Waals surface area contributed by atoms with Crippen molar-refractivity contribution >= 4 is 29.9 Å². The largest absolute Gasteiger partial charge is 0.497 e. The molecule has 0 saturated heterocycles. The Bertz CT molecular complexity index is 722. The van der Waals surface area contributed by atoms with Gasteiger partial charge in [-0.2, -0.15) is 0 Å². The van der Waals surface area contributed by atoms with E-state index in [1.54, 1.807) is 7.11 Å². The van der Waals surface area contributed by atoms with E-state index in [2.05, 4.69) is 10.3 Å². The predicted octanol–water partition coefficient (Wildman–Crippen LogP) is 3.12. The quantitative estimate of drug-likeness (QED) is 0.294. The molecule has 26 heavy (non-hydrogen) atoms. The number of rotatable bonds is 6. The lowest BCUT2D eigenvalue weighted by atomic mass is 10.0. The topological polar surface area (TPSA) is 78.1 Å². The monoisotopic (exact) mass is 469 g/mol. The summed E-state index contributed by atoms with van der Waals surface area (Å²) >= 11 is 0. The lowest BCUT2D eigenvalue weighted by Crippen LogP contribution is -2.37. The zero-order valence-corrected chi connectivity index (χ0v) is 17.0. The molecule has 0 amide bonds. The summed E-state index contributed by atoms with van der Waals surface area (Å²) in [5.41, 5.74) is 7.12. The summed E-state index contributed by atoms with van der Waals surface area (Å²) in [5.74, 6) is 2.90. The first kappa shape index (κ1) is 20.2. The van der Waals surface area contributed by atoms with Gasteiger partial charge in [0.25, 0.3) is 0 Å². The van der Waals surface area contributed by atoms with Gasteiger partial charge in [0.15, 0.2) is 5.96 Å². The number of nitrogens with one attached hydrogen (secondary N) is 1. The Labute approximate surface area is 170 Å². The number of fused-ring (bicyclic) bond motifs is 1. The van der Waals surface area contributed by atoms with E-state index in [0.717, 1.165) is 29.2 Å². The number of nitrogens with two attached hydrogens (primary N) is 1. The fourth-order valence-corrected chi connectivity index (χ4v) is 2.72. The Morgan fingerprint density at radius 3 is 2.69 bits per heavy atom. The van der Waals surface area contributed by atoms with Crippen LogP contribution in [0.4, 0.5) is 0 Å². The Hall–Kier alpha value is -2.16. The summed E-state index contributed by atoms with van der Waals surface area (Å²) in [6, 6.07) is 15.6. The van der Waals surface area contributed by atoms with Crippen molar-refractivity contribution in [2.45, 2.75) is 12.5 Å². The van der Waals surface area contributed by atoms with Gasteiger partial charge in [-0.25, -0.2) is 4.99 Å². The molecule has 0 aliphatic carbocycles. The zero-order chi connectivity index (χ0) is 17.5. The molecule has 2 aromatic rings. The molecule has 1 aliphatic heterocycles. The molecular formula is C19H24IN3O3. The molecule has 3 N–H and O–H groups in total. The van der Waals surface area contributed by atoms with Gasteiger partial charge in [-0.15, -0.1) is 24.0 Å². The predicted molar refractivity (Wildman–Crippen MR) is 113 cm³/mol. The average Bonchev–Trinajstić information content (AvgIpc) is 2.66. The first-order valence-electron chi connectivity index (χ1n) is 8.31. The fraction of sp³-hybridized carbons (Fsp3) is 0.316. The van der Waals surface area contributed by atoms with Crippen LogP contribution < -0.4 is 25.3 Å². The molecule has 1 unspecified atom stereocenters. The molecule has 1 heterocycles. The number of benzene rings is 2. The van der Waals surface area contributed by atoms with Crippen LogP contribution in [0.2, 0.25) is 0 Å². The second kappa shape index (κ2) is 10.1. The number of aliphatic imine (C=N–C) groups is 1. The third-order valence-corrected chi connectivity index (χ3v) is 3.98. The van der Waals surface area contributed by atoms with Gasteiger partial charge < -0.3 is 25.3 Å². The van der Waals surface area contributed by atoms with Crippen molar-refractivity contribution < 1.29 is 14.2 Å². The third kappa shape index (κ3) is 5.42. The van der Waals surface area contributed by atoms with Crippen LogP contribution in [0.3, 0.4) is 0 Å². The van der Waals surface area contributed by atoms with Gasteiger partial charge >= 0.3 is 0 Å². The SMILES string of the molecule is COc1ccc(OCCN=C(N)NC2CCOc3ccccc32)cc1.I. The molecule has 7 heteroatoms. The number of ether oxygens (including phenoxy) is 3. The first-order valence-corrected chi connectivity index (χ1v) is 8.31. The lowest BCUT2D eigenvalue weighted by molar-refractivity contribution is 0.262. The summed E-state index contributed by atoms with van der Waals surface area (Å²) in [4.78, 5) is 4.33. The second-order valence-electron chi connectivity index (χ2n) is 5.66. The second-order valence-corrected chi connectivity index (χ2v) is 5.66. The molecule has 140 valence electrons. The molecule has 0 aromatic heterocycles. The van der Waals surface area contributed by atoms with Crippen LogP contribution in [0, 0.1) is 0 Å². The number of halogens is 1. The van der Waals surface area contributed by atoms with E-state index in [9.17, 15) is 0 Å². The summed E-state index contributed by atoms with van der Waals surface area (Å²) in [5, 5.41) is 3.26. The summed E-state index contributed by atoms with van der Waals surface area (Å²) in [6.07, 6.45) is 0.857. The van der Waals surface area contributed by atoms with Crippen molar-refractivity contribution in [2.75, 3.05) is 26.9 Å². The van der Waals surface area contributed by atoms with Crippen LogP contribution >= 0.6 is 24.0 Å². The number of nitrogens with zero attached hydrogens (tertiary/aromatic N) is 1. The van der Waals surface area contributed by atoms with Gasteiger partial charge in [-0.3, -0.25) is 0 Å². The van der Waals surface area contributed by atoms with Crippen molar-refractivity contribution in [3.63, 3.8) is 0 Å². The smallest absolute Gasteiger partial charge is 0.189 e. The third-order valence-electron chi connectivity index (χ3n) is 3.98. The van der Waals surface area contributed by atoms with Crippen molar-refractivity contribution in [1.82, 2.24) is 5.32 Å². The van der Waals surface area contributed by atoms with Gasteiger partial charge in [0.2, 0.25) is 0 Å². The molecule has 0 spiro atoms. The minimum atomic E-state index is 0. The number of hydrogen-bond acceptors (Lipinski definition) is 4. The van der Waals surface area contributed by atoms with Crippen LogP contribution in [0.15, 0.2) is 53.5 Å². The normalized spacial score (nSPS) is 15.9. The van der Waals surface area contributed by atoms with Gasteiger partial charge in [-0.1, -0.05) is 18.2 Å². The van der Waals surface area contributed by atoms with E-state index >= 15 is 0 Å². The van der Waals surface area contributed by atoms with E-state index in [4.69, 9.17) is 19.9 Å². The highest BCUT2D eigenvalue weighted by Gasteiger charge is 2.21. The maximum absolute atomic E-state index is 6.01. The number of hydrogen-bond donors (Lipinski definition) is 2. The van der Waals surface area contributed by atoms with Gasteiger partial charge in [-0.05, 0) is 30.3 Å². The number of methoxy groups -OCH3 is 1. The highest BCUT2D eigenvalue weighted by Crippen LogP contribution is 2.31. The molecule has 0 fully saturated rings. The maximum Gasteiger partial charge on any atom is 0.189 e. The van der Waals surface area contributed by atoms with Crippen molar-refractivity contribution in [3.8, 4) is 17.2 Å². The number of para-hydroxylation sites is 1. The van der Waals surface area contributed by atoms with E-state index in [0.29, 0.717) is 25.7 Å². The zero-order valence-electron chi connectivity index (χ0n) is 14.7. The highest BCUT2D eigenvalue weighted by molar-refractivity contribution is 14.0. The lowest BCUT2D eigenvalue weighted by Gasteiger charge is -2.26. The summed E-state index contributed by atoms with van der Waals surface area (Å²) in [6.45, 7) is 1.61. The van der Waals surface area contributed by atoms with Gasteiger partial charge in [0.05, 0.1) is 26.3 Å². The molecule has 6 nitrogen and oxygen atoms in total. The van der Waals surface area contributed by atoms with Crippen LogP contribution in [-0.2, 0) is 0 Å². The molecule has 0 saturated carbocycles. The summed E-state index contributed by atoms with van der Waals surface area (Å²) < 4.78 is 16.4. The van der Waals surface area contributed by atoms with Gasteiger partial charge in [0.1, 0.15) is 23.9 Å². The van der Waals surface area contributed by atoms with Crippen LogP contribution in [0.5, 0.6) is 17.2 Å². The standard InChI is InChI=1S/C19H23N3O3.HI/c1-23-14-6-8-15(9-7-14)24-13-11-21-19(20)22-17-10-12-25-18-5-3-2-4-16(17)18;/h2-9,17H,10-13H2,1H3,(H3,20,21,22);1H. The average molecular weight is 469 g/mol. The van der Waals surface area contributed by atoms with Crippen molar-refractivity contribution in [2.24, 2.45) is 10.7 Å². The molecule has 3 rings (SSSR count). The number of guanidine groups is 1. The molecule has 0 bridgehead atoms. The van der Waals surface area contributed by atoms with E-state index in [1.165, 1.54) is 0 Å². The molecule has 1 atom stereocenters. The van der Waals surface area contributed by atoms with Crippen LogP contribution in [0.25, 0.3) is 0 Å². The Kier molecular flexibility index (Phi) is 7.83. The van der Waals surface area contributed by atoms with Crippen molar-refractivity contribution in [1.29, 1.82) is 0 Å². The Balaban J connectivity index is 0.00000243. The summed E-state index contributed by atoms with van der Waals surface area (Å²) in [7, 11) is 1.64. The van der Waals surface area contributed by atoms with E-state index in [1.807, 2.05) is 48.5 Å². The first-order chi connectivity index (χ1) is 12.3. The fourth-order valence-electron chi connectivity index (χ4n) is 2.72. The van der Waals surface area contributed by atoms with Gasteiger partial charge in [0, 0.05) is 12.0 Å². The van der Waals surface area contributed by atoms with E-state index in [-0.39, 0.29) is 30.0 Å². The molecule has 2 aromatic carbocycles. The molecular weight excluding hydrogens is 445 g/mol. The minimum Gasteiger partial charge on any atom is -0.497 e. The maximum atomic E-state index is 6.01. The minimum absolute atomic E-state index is 0. The Morgan fingerprint density at radius 1 is 1.19 bits per heavy atom. The van der Waals surface area contributed by atoms with Crippen LogP contribution in [-0.4, -0.2) is 32.8 Å². The van der Waals surface area contributed by atoms with E-state index < -0.39 is 0 Å². The van der Waals surface area contributed by atoms with Crippen LogP contribution in [0.1, 0.15) is 18.0 Å². The molecule has 1 aliphatic rings. The highest BCUT2D eigenvalue weighted by atomic mass is 127. The van der Waals surface area contributed by atoms with Crippen molar-refractivity contribution in [3.05, 3.63) is 54.1 Å². The molecule has 0 radical (unpaired) electrons.